The molecule has 0 atom stereocenters. The number of aryl methyl sites for hydroxylation is 2. The second kappa shape index (κ2) is 9.48. The van der Waals surface area contributed by atoms with Crippen LogP contribution in [0.2, 0.25) is 0 Å². The van der Waals surface area contributed by atoms with E-state index in [0.29, 0.717) is 11.1 Å². The van der Waals surface area contributed by atoms with Gasteiger partial charge in [-0.2, -0.15) is 0 Å². The van der Waals surface area contributed by atoms with Crippen molar-refractivity contribution in [3.05, 3.63) is 145 Å². The van der Waals surface area contributed by atoms with Gasteiger partial charge in [-0.25, -0.2) is 0 Å². The summed E-state index contributed by atoms with van der Waals surface area (Å²) < 4.78 is 2.37. The van der Waals surface area contributed by atoms with E-state index in [1.54, 1.807) is 12.1 Å². The Balaban J connectivity index is 1.25. The van der Waals surface area contributed by atoms with E-state index < -0.39 is 21.2 Å². The van der Waals surface area contributed by atoms with Crippen molar-refractivity contribution in [2.45, 2.75) is 33.1 Å². The van der Waals surface area contributed by atoms with Gasteiger partial charge < -0.3 is 0 Å². The Morgan fingerprint density at radius 3 is 1.90 bits per heavy atom. The number of allylic oxidation sites excluding steroid dienone is 5. The topological polar surface area (TPSA) is 50.3 Å². The third-order valence-electron chi connectivity index (χ3n) is 8.18. The van der Waals surface area contributed by atoms with Gasteiger partial charge in [0.2, 0.25) is 0 Å². The van der Waals surface area contributed by atoms with Crippen LogP contribution in [0.15, 0.2) is 112 Å². The van der Waals surface area contributed by atoms with Gasteiger partial charge in [-0.3, -0.25) is 0 Å². The molecule has 0 bridgehead atoms. The molecule has 0 fully saturated rings. The van der Waals surface area contributed by atoms with Gasteiger partial charge in [0.1, 0.15) is 0 Å². The maximum absolute atomic E-state index is 13.0. The summed E-state index contributed by atoms with van der Waals surface area (Å²) in [7, 11) is 0. The number of anilines is 3. The molecule has 3 aromatic carbocycles. The predicted octanol–water partition coefficient (Wildman–Crippen LogP) is 5.16. The number of nitrogens with zero attached hydrogens (tertiary/aromatic N) is 2. The third-order valence-corrected chi connectivity index (χ3v) is 11.1. The van der Waals surface area contributed by atoms with Crippen LogP contribution in [-0.2, 0) is 5.41 Å². The number of carbonyl (C=O) groups excluding carboxylic acids is 2. The standard InChI is InChI=1S/C36H28IN2O2/c1-21-9-13-24(14-10-21)39(25-15-11-22(2)12-16-25)26-19-31-33(38-20-26)32-30(36(31,3)4)18-23(37-32)17-29-34(40)27-7-5-6-8-28(27)35(29)41/h5-20H,1-4H3/q-1. The van der Waals surface area contributed by atoms with Gasteiger partial charge >= 0.3 is 251 Å². The van der Waals surface area contributed by atoms with Crippen molar-refractivity contribution in [2.24, 2.45) is 0 Å². The van der Waals surface area contributed by atoms with Gasteiger partial charge in [0.05, 0.1) is 0 Å². The van der Waals surface area contributed by atoms with Gasteiger partial charge in [-0.1, -0.05) is 0 Å². The predicted molar refractivity (Wildman–Crippen MR) is 160 cm³/mol. The van der Waals surface area contributed by atoms with Gasteiger partial charge in [0.15, 0.2) is 0 Å². The molecular weight excluding hydrogens is 619 g/mol. The number of benzene rings is 3. The molecule has 4 aromatic rings. The Morgan fingerprint density at radius 1 is 0.780 bits per heavy atom. The number of fused-ring (bicyclic) bond motifs is 3. The summed E-state index contributed by atoms with van der Waals surface area (Å²) in [6, 6.07) is 26.6. The molecule has 0 N–H and O–H groups in total. The van der Waals surface area contributed by atoms with Crippen molar-refractivity contribution in [3.63, 3.8) is 0 Å². The zero-order valence-electron chi connectivity index (χ0n) is 23.3. The van der Waals surface area contributed by atoms with Gasteiger partial charge in [-0.05, 0) is 0 Å². The molecule has 7 rings (SSSR count). The van der Waals surface area contributed by atoms with E-state index in [-0.39, 0.29) is 22.6 Å². The fourth-order valence-electron chi connectivity index (χ4n) is 5.83. The van der Waals surface area contributed by atoms with Crippen LogP contribution in [0.1, 0.15) is 56.9 Å². The molecule has 0 unspecified atom stereocenters. The molecule has 4 nitrogen and oxygen atoms in total. The third kappa shape index (κ3) is 4.13. The molecule has 0 amide bonds. The number of hydrogen-bond donors (Lipinski definition) is 0. The van der Waals surface area contributed by atoms with Crippen LogP contribution in [0.5, 0.6) is 0 Å². The number of hydrogen-bond acceptors (Lipinski definition) is 4. The summed E-state index contributed by atoms with van der Waals surface area (Å²) in [6.07, 6.45) is 6.03. The quantitative estimate of drug-likeness (QED) is 0.175. The van der Waals surface area contributed by atoms with Gasteiger partial charge in [-0.15, -0.1) is 0 Å². The molecule has 0 radical (unpaired) electrons. The van der Waals surface area contributed by atoms with E-state index in [1.807, 2.05) is 24.4 Å². The van der Waals surface area contributed by atoms with E-state index in [1.165, 1.54) is 25.8 Å². The van der Waals surface area contributed by atoms with Crippen molar-refractivity contribution in [1.29, 1.82) is 0 Å². The first-order chi connectivity index (χ1) is 19.7. The van der Waals surface area contributed by atoms with E-state index >= 15 is 0 Å². The molecule has 1 aromatic heterocycles. The van der Waals surface area contributed by atoms with Crippen LogP contribution in [-0.4, -0.2) is 16.6 Å². The first-order valence-electron chi connectivity index (χ1n) is 13.7. The minimum absolute atomic E-state index is 0.169. The number of rotatable bonds is 4. The minimum atomic E-state index is -0.588. The Hall–Kier alpha value is -4.10. The normalized spacial score (nSPS) is 16.7. The molecular formula is C36H28IN2O2-. The van der Waals surface area contributed by atoms with Crippen molar-refractivity contribution >= 4 is 32.2 Å². The molecule has 0 spiro atoms. The van der Waals surface area contributed by atoms with E-state index in [0.717, 1.165) is 26.3 Å². The molecule has 41 heavy (non-hydrogen) atoms. The molecule has 3 aliphatic rings. The van der Waals surface area contributed by atoms with Gasteiger partial charge in [0.25, 0.3) is 0 Å². The molecule has 2 heterocycles. The summed E-state index contributed by atoms with van der Waals surface area (Å²) >= 11 is -0.588. The number of aromatic nitrogens is 1. The Labute approximate surface area is 250 Å². The van der Waals surface area contributed by atoms with Crippen LogP contribution in [0.4, 0.5) is 17.1 Å². The summed E-state index contributed by atoms with van der Waals surface area (Å²) in [4.78, 5) is 33.3. The average molecular weight is 648 g/mol. The van der Waals surface area contributed by atoms with Crippen LogP contribution >= 0.6 is 0 Å². The zero-order chi connectivity index (χ0) is 28.5. The first-order valence-corrected chi connectivity index (χ1v) is 15.8. The summed E-state index contributed by atoms with van der Waals surface area (Å²) in [5.74, 6) is -0.338. The zero-order valence-corrected chi connectivity index (χ0v) is 25.5. The number of halogens is 1. The number of pyridine rings is 1. The van der Waals surface area contributed by atoms with Crippen molar-refractivity contribution in [1.82, 2.24) is 4.98 Å². The van der Waals surface area contributed by atoms with Gasteiger partial charge in [0, 0.05) is 0 Å². The summed E-state index contributed by atoms with van der Waals surface area (Å²) in [6.45, 7) is 8.70. The van der Waals surface area contributed by atoms with Crippen molar-refractivity contribution in [2.75, 3.05) is 4.90 Å². The average Bonchev–Trinajstić information content (AvgIpc) is 3.57. The number of ketones is 2. The molecule has 2 aliphatic carbocycles. The SMILES string of the molecule is Cc1ccc(N(c2ccc(C)cc2)c2cnc3c(c2)C(C)(C)C2=C3[I-]C(C=C3C(=O)c4ccccc4C3=O)=C2)cc1. The molecule has 1 aliphatic heterocycles. The van der Waals surface area contributed by atoms with Crippen LogP contribution in [0, 0.1) is 13.8 Å². The fourth-order valence-corrected chi connectivity index (χ4v) is 9.20. The first kappa shape index (κ1) is 25.8. The van der Waals surface area contributed by atoms with E-state index in [4.69, 9.17) is 4.98 Å². The summed E-state index contributed by atoms with van der Waals surface area (Å²) in [5, 5.41) is 0. The van der Waals surface area contributed by atoms with Crippen LogP contribution in [0.3, 0.4) is 0 Å². The second-order valence-corrected chi connectivity index (χ2v) is 14.2. The van der Waals surface area contributed by atoms with Crippen molar-refractivity contribution in [3.8, 4) is 0 Å². The number of carbonyl (C=O) groups is 2. The molecule has 0 saturated carbocycles. The Bertz CT molecular complexity index is 1790. The molecule has 0 saturated heterocycles. The van der Waals surface area contributed by atoms with E-state index in [9.17, 15) is 9.59 Å². The monoisotopic (exact) mass is 647 g/mol. The second-order valence-electron chi connectivity index (χ2n) is 11.3. The maximum atomic E-state index is 13.0. The Morgan fingerprint density at radius 2 is 1.34 bits per heavy atom. The van der Waals surface area contributed by atoms with Crippen LogP contribution < -0.4 is 26.1 Å². The molecule has 202 valence electrons. The molecule has 5 heteroatoms. The van der Waals surface area contributed by atoms with E-state index in [2.05, 4.69) is 93.3 Å². The summed E-state index contributed by atoms with van der Waals surface area (Å²) in [5.41, 5.74) is 10.2. The van der Waals surface area contributed by atoms with Crippen LogP contribution in [0.25, 0.3) is 3.58 Å². The number of Topliss-reactive ketones (excluding diaryl/α,β-unsaturated/α-hetero) is 2. The Kier molecular flexibility index (Phi) is 5.98. The van der Waals surface area contributed by atoms with Crippen molar-refractivity contribution < 1.29 is 30.8 Å². The fraction of sp³-hybridized carbons (Fsp3) is 0.139.